The van der Waals surface area contributed by atoms with Crippen LogP contribution in [0, 0.1) is 10.1 Å². The molecule has 1 aromatic carbocycles. The number of rotatable bonds is 6. The zero-order chi connectivity index (χ0) is 16.1. The molecule has 0 atom stereocenters. The number of carbonyl (C=O) groups is 1. The second kappa shape index (κ2) is 7.31. The van der Waals surface area contributed by atoms with Crippen LogP contribution in [-0.2, 0) is 4.79 Å². The Kier molecular flexibility index (Phi) is 5.43. The van der Waals surface area contributed by atoms with Gasteiger partial charge in [0.1, 0.15) is 0 Å². The summed E-state index contributed by atoms with van der Waals surface area (Å²) in [6, 6.07) is 2.92. The van der Waals surface area contributed by atoms with Gasteiger partial charge in [0.15, 0.2) is 11.5 Å². The minimum absolute atomic E-state index is 0.0267. The fourth-order valence-electron chi connectivity index (χ4n) is 2.14. The van der Waals surface area contributed by atoms with Crippen molar-refractivity contribution >= 4 is 28.6 Å². The maximum absolute atomic E-state index is 11.7. The summed E-state index contributed by atoms with van der Waals surface area (Å²) in [6.45, 7) is 4.42. The molecule has 1 fully saturated rings. The van der Waals surface area contributed by atoms with Gasteiger partial charge in [0, 0.05) is 11.3 Å². The average molecular weight is 323 g/mol. The maximum atomic E-state index is 11.7. The Morgan fingerprint density at radius 2 is 1.91 bits per heavy atom. The lowest BCUT2D eigenvalue weighted by molar-refractivity contribution is -0.385. The quantitative estimate of drug-likeness (QED) is 0.453. The first-order chi connectivity index (χ1) is 10.6. The molecule has 0 unspecified atom stereocenters. The second-order valence-electron chi connectivity index (χ2n) is 4.54. The van der Waals surface area contributed by atoms with Crippen LogP contribution in [0.3, 0.4) is 0 Å². The SMILES string of the molecule is CCOc1cc(C=C2CCSC2=O)c([N+](=O)[O-])cc1OCC. The van der Waals surface area contributed by atoms with Crippen molar-refractivity contribution in [2.24, 2.45) is 0 Å². The Morgan fingerprint density at radius 1 is 1.27 bits per heavy atom. The van der Waals surface area contributed by atoms with E-state index >= 15 is 0 Å². The van der Waals surface area contributed by atoms with Crippen LogP contribution in [0.5, 0.6) is 11.5 Å². The van der Waals surface area contributed by atoms with E-state index < -0.39 is 4.92 Å². The Morgan fingerprint density at radius 3 is 2.41 bits per heavy atom. The Balaban J connectivity index is 2.52. The van der Waals surface area contributed by atoms with E-state index in [1.165, 1.54) is 17.8 Å². The van der Waals surface area contributed by atoms with E-state index in [4.69, 9.17) is 9.47 Å². The molecule has 0 aromatic heterocycles. The second-order valence-corrected chi connectivity index (χ2v) is 5.60. The van der Waals surface area contributed by atoms with Gasteiger partial charge in [0.05, 0.1) is 29.8 Å². The molecule has 7 heteroatoms. The highest BCUT2D eigenvalue weighted by atomic mass is 32.2. The Labute approximate surface area is 132 Å². The number of nitrogens with zero attached hydrogens (tertiary/aromatic N) is 1. The summed E-state index contributed by atoms with van der Waals surface area (Å²) in [4.78, 5) is 22.5. The van der Waals surface area contributed by atoms with Gasteiger partial charge in [0.2, 0.25) is 5.12 Å². The number of hydrogen-bond donors (Lipinski definition) is 0. The van der Waals surface area contributed by atoms with Crippen molar-refractivity contribution in [1.29, 1.82) is 0 Å². The zero-order valence-corrected chi connectivity index (χ0v) is 13.3. The first kappa shape index (κ1) is 16.4. The molecule has 0 bridgehead atoms. The van der Waals surface area contributed by atoms with Crippen LogP contribution in [0.25, 0.3) is 6.08 Å². The summed E-state index contributed by atoms with van der Waals surface area (Å²) in [6.07, 6.45) is 2.20. The lowest BCUT2D eigenvalue weighted by atomic mass is 10.1. The van der Waals surface area contributed by atoms with Crippen LogP contribution in [0.4, 0.5) is 5.69 Å². The topological polar surface area (TPSA) is 78.7 Å². The molecule has 0 amide bonds. The monoisotopic (exact) mass is 323 g/mol. The van der Waals surface area contributed by atoms with E-state index in [0.717, 1.165) is 0 Å². The smallest absolute Gasteiger partial charge is 0.280 e. The lowest BCUT2D eigenvalue weighted by Gasteiger charge is -2.12. The predicted octanol–water partition coefficient (Wildman–Crippen LogP) is 3.44. The minimum Gasteiger partial charge on any atom is -0.490 e. The standard InChI is InChI=1S/C15H17NO5S/c1-3-20-13-8-11(7-10-5-6-22-15(10)17)12(16(18)19)9-14(13)21-4-2/h7-9H,3-6H2,1-2H3. The molecule has 22 heavy (non-hydrogen) atoms. The predicted molar refractivity (Wildman–Crippen MR) is 85.5 cm³/mol. The molecule has 2 rings (SSSR count). The van der Waals surface area contributed by atoms with Crippen molar-refractivity contribution in [2.45, 2.75) is 20.3 Å². The fraction of sp³-hybridized carbons (Fsp3) is 0.400. The van der Waals surface area contributed by atoms with Gasteiger partial charge < -0.3 is 9.47 Å². The first-order valence-corrected chi connectivity index (χ1v) is 8.01. The van der Waals surface area contributed by atoms with Crippen molar-refractivity contribution < 1.29 is 19.2 Å². The lowest BCUT2D eigenvalue weighted by Crippen LogP contribution is -2.01. The summed E-state index contributed by atoms with van der Waals surface area (Å²) in [5, 5.41) is 11.3. The third-order valence-electron chi connectivity index (χ3n) is 3.09. The average Bonchev–Trinajstić information content (AvgIpc) is 2.87. The molecule has 0 radical (unpaired) electrons. The number of nitro benzene ring substituents is 1. The zero-order valence-electron chi connectivity index (χ0n) is 12.5. The molecule has 0 saturated carbocycles. The molecule has 1 heterocycles. The summed E-state index contributed by atoms with van der Waals surface area (Å²) < 4.78 is 10.9. The Bertz CT molecular complexity index is 627. The van der Waals surface area contributed by atoms with Gasteiger partial charge in [-0.05, 0) is 32.4 Å². The number of hydrogen-bond acceptors (Lipinski definition) is 6. The number of nitro groups is 1. The summed E-state index contributed by atoms with van der Waals surface area (Å²) in [5.74, 6) is 1.50. The van der Waals surface area contributed by atoms with Crippen LogP contribution in [-0.4, -0.2) is 29.0 Å². The van der Waals surface area contributed by atoms with Crippen LogP contribution in [0.1, 0.15) is 25.8 Å². The molecule has 1 aliphatic heterocycles. The third-order valence-corrected chi connectivity index (χ3v) is 4.02. The van der Waals surface area contributed by atoms with E-state index in [-0.39, 0.29) is 10.8 Å². The van der Waals surface area contributed by atoms with Gasteiger partial charge in [-0.15, -0.1) is 0 Å². The molecular formula is C15H17NO5S. The van der Waals surface area contributed by atoms with E-state index in [1.807, 2.05) is 6.92 Å². The number of carbonyl (C=O) groups excluding carboxylic acids is 1. The summed E-state index contributed by atoms with van der Waals surface area (Å²) in [5.41, 5.74) is 0.867. The minimum atomic E-state index is -0.475. The molecule has 1 aliphatic rings. The Hall–Kier alpha value is -2.02. The highest BCUT2D eigenvalue weighted by Gasteiger charge is 2.23. The highest BCUT2D eigenvalue weighted by molar-refractivity contribution is 8.14. The van der Waals surface area contributed by atoms with Crippen molar-refractivity contribution in [3.63, 3.8) is 0 Å². The maximum Gasteiger partial charge on any atom is 0.280 e. The molecule has 0 spiro atoms. The largest absolute Gasteiger partial charge is 0.490 e. The van der Waals surface area contributed by atoms with Crippen LogP contribution in [0.2, 0.25) is 0 Å². The van der Waals surface area contributed by atoms with Crippen LogP contribution in [0.15, 0.2) is 17.7 Å². The van der Waals surface area contributed by atoms with E-state index in [0.29, 0.717) is 48.0 Å². The summed E-state index contributed by atoms with van der Waals surface area (Å²) in [7, 11) is 0. The van der Waals surface area contributed by atoms with Gasteiger partial charge >= 0.3 is 0 Å². The number of ether oxygens (including phenoxy) is 2. The molecular weight excluding hydrogens is 306 g/mol. The fourth-order valence-corrected chi connectivity index (χ4v) is 3.00. The third kappa shape index (κ3) is 3.59. The molecule has 0 aliphatic carbocycles. The van der Waals surface area contributed by atoms with E-state index in [2.05, 4.69) is 0 Å². The summed E-state index contributed by atoms with van der Waals surface area (Å²) >= 11 is 1.23. The first-order valence-electron chi connectivity index (χ1n) is 7.02. The van der Waals surface area contributed by atoms with Gasteiger partial charge in [-0.25, -0.2) is 0 Å². The molecule has 6 nitrogen and oxygen atoms in total. The molecule has 1 aromatic rings. The van der Waals surface area contributed by atoms with Crippen LogP contribution >= 0.6 is 11.8 Å². The number of thioether (sulfide) groups is 1. The highest BCUT2D eigenvalue weighted by Crippen LogP contribution is 2.37. The van der Waals surface area contributed by atoms with Gasteiger partial charge in [-0.3, -0.25) is 14.9 Å². The van der Waals surface area contributed by atoms with Crippen molar-refractivity contribution in [3.05, 3.63) is 33.4 Å². The normalized spacial score (nSPS) is 16.1. The molecule has 1 saturated heterocycles. The van der Waals surface area contributed by atoms with E-state index in [1.54, 1.807) is 19.1 Å². The van der Waals surface area contributed by atoms with Crippen molar-refractivity contribution in [2.75, 3.05) is 19.0 Å². The van der Waals surface area contributed by atoms with Crippen molar-refractivity contribution in [1.82, 2.24) is 0 Å². The van der Waals surface area contributed by atoms with E-state index in [9.17, 15) is 14.9 Å². The molecule has 0 N–H and O–H groups in total. The van der Waals surface area contributed by atoms with Gasteiger partial charge in [0.25, 0.3) is 5.69 Å². The molecule has 118 valence electrons. The van der Waals surface area contributed by atoms with Crippen LogP contribution < -0.4 is 9.47 Å². The number of benzene rings is 1. The van der Waals surface area contributed by atoms with Gasteiger partial charge in [-0.1, -0.05) is 11.8 Å². The van der Waals surface area contributed by atoms with Gasteiger partial charge in [-0.2, -0.15) is 0 Å². The van der Waals surface area contributed by atoms with Crippen molar-refractivity contribution in [3.8, 4) is 11.5 Å².